The van der Waals surface area contributed by atoms with Gasteiger partial charge in [0, 0.05) is 20.1 Å². The molecule has 0 radical (unpaired) electrons. The summed E-state index contributed by atoms with van der Waals surface area (Å²) in [6, 6.07) is 0. The second-order valence-electron chi connectivity index (χ2n) is 4.80. The van der Waals surface area contributed by atoms with E-state index in [1.165, 1.54) is 4.68 Å². The van der Waals surface area contributed by atoms with Crippen molar-refractivity contribution in [2.45, 2.75) is 26.2 Å². The molecule has 1 saturated heterocycles. The van der Waals surface area contributed by atoms with Crippen LogP contribution in [-0.2, 0) is 27.8 Å². The van der Waals surface area contributed by atoms with Gasteiger partial charge in [-0.25, -0.2) is 4.68 Å². The van der Waals surface area contributed by atoms with Gasteiger partial charge in [-0.05, 0) is 30.2 Å². The molecule has 0 unspecified atom stereocenters. The number of carbonyl (C=O) groups excluding carboxylic acids is 2. The molecule has 110 valence electrons. The fraction of sp³-hybridized carbons (Fsp3) is 0.750. The van der Waals surface area contributed by atoms with Gasteiger partial charge in [0.05, 0.1) is 18.9 Å². The molecular weight excluding hydrogens is 262 g/mol. The number of hydrogen-bond donors (Lipinski definition) is 0. The number of amides is 1. The van der Waals surface area contributed by atoms with Crippen LogP contribution in [0.1, 0.15) is 25.6 Å². The Morgan fingerprint density at radius 2 is 2.05 bits per heavy atom. The van der Waals surface area contributed by atoms with Crippen LogP contribution in [0.2, 0.25) is 0 Å². The first-order chi connectivity index (χ1) is 9.61. The van der Waals surface area contributed by atoms with Crippen molar-refractivity contribution >= 4 is 11.9 Å². The second kappa shape index (κ2) is 6.44. The van der Waals surface area contributed by atoms with E-state index >= 15 is 0 Å². The monoisotopic (exact) mass is 281 g/mol. The zero-order valence-corrected chi connectivity index (χ0v) is 11.8. The van der Waals surface area contributed by atoms with Crippen molar-refractivity contribution in [1.29, 1.82) is 0 Å². The molecule has 1 aromatic rings. The highest BCUT2D eigenvalue weighted by atomic mass is 16.5. The maximum atomic E-state index is 12.1. The molecule has 2 heterocycles. The van der Waals surface area contributed by atoms with Crippen molar-refractivity contribution in [2.75, 3.05) is 19.7 Å². The summed E-state index contributed by atoms with van der Waals surface area (Å²) in [5.41, 5.74) is 0. The molecule has 0 spiro atoms. The first-order valence-corrected chi connectivity index (χ1v) is 6.77. The number of hydrogen-bond acceptors (Lipinski definition) is 6. The Morgan fingerprint density at radius 3 is 2.60 bits per heavy atom. The van der Waals surface area contributed by atoms with Crippen LogP contribution in [0.15, 0.2) is 0 Å². The molecule has 0 N–H and O–H groups in total. The van der Waals surface area contributed by atoms with Crippen LogP contribution in [0.3, 0.4) is 0 Å². The molecule has 0 aromatic carbocycles. The van der Waals surface area contributed by atoms with Crippen molar-refractivity contribution in [3.05, 3.63) is 5.82 Å². The summed E-state index contributed by atoms with van der Waals surface area (Å²) >= 11 is 0. The summed E-state index contributed by atoms with van der Waals surface area (Å²) < 4.78 is 6.50. The number of aryl methyl sites for hydroxylation is 1. The van der Waals surface area contributed by atoms with E-state index in [4.69, 9.17) is 4.74 Å². The highest BCUT2D eigenvalue weighted by Crippen LogP contribution is 2.19. The van der Waals surface area contributed by atoms with Crippen LogP contribution in [0.25, 0.3) is 0 Å². The normalized spacial score (nSPS) is 16.2. The summed E-state index contributed by atoms with van der Waals surface area (Å²) in [7, 11) is 1.70. The standard InChI is InChI=1S/C12H19N5O3/c1-3-20-12(19)9-4-6-17(7-5-9)11(18)8-10-13-14-15-16(10)2/h9H,3-8H2,1-2H3. The molecule has 1 aliphatic rings. The van der Waals surface area contributed by atoms with Gasteiger partial charge >= 0.3 is 5.97 Å². The lowest BCUT2D eigenvalue weighted by molar-refractivity contribution is -0.151. The number of carbonyl (C=O) groups is 2. The minimum Gasteiger partial charge on any atom is -0.466 e. The molecule has 1 aromatic heterocycles. The summed E-state index contributed by atoms with van der Waals surface area (Å²) in [5.74, 6) is 0.292. The number of piperidine rings is 1. The first-order valence-electron chi connectivity index (χ1n) is 6.77. The molecule has 0 aliphatic carbocycles. The van der Waals surface area contributed by atoms with Gasteiger partial charge in [0.2, 0.25) is 5.91 Å². The molecule has 20 heavy (non-hydrogen) atoms. The van der Waals surface area contributed by atoms with Gasteiger partial charge < -0.3 is 9.64 Å². The third-order valence-electron chi connectivity index (χ3n) is 3.48. The van der Waals surface area contributed by atoms with Crippen LogP contribution < -0.4 is 0 Å². The summed E-state index contributed by atoms with van der Waals surface area (Å²) in [6.45, 7) is 3.35. The van der Waals surface area contributed by atoms with Crippen molar-refractivity contribution < 1.29 is 14.3 Å². The molecule has 2 rings (SSSR count). The fourth-order valence-electron chi connectivity index (χ4n) is 2.27. The zero-order valence-electron chi connectivity index (χ0n) is 11.8. The number of esters is 1. The Hall–Kier alpha value is -1.99. The van der Waals surface area contributed by atoms with Crippen molar-refractivity contribution in [3.8, 4) is 0 Å². The highest BCUT2D eigenvalue weighted by molar-refractivity contribution is 5.78. The summed E-state index contributed by atoms with van der Waals surface area (Å²) in [5, 5.41) is 11.0. The third kappa shape index (κ3) is 3.31. The number of likely N-dealkylation sites (tertiary alicyclic amines) is 1. The van der Waals surface area contributed by atoms with Gasteiger partial charge in [0.25, 0.3) is 0 Å². The molecule has 0 atom stereocenters. The first kappa shape index (κ1) is 14.4. The minimum atomic E-state index is -0.155. The third-order valence-corrected chi connectivity index (χ3v) is 3.48. The molecule has 8 heteroatoms. The molecule has 1 fully saturated rings. The van der Waals surface area contributed by atoms with E-state index in [9.17, 15) is 9.59 Å². The second-order valence-corrected chi connectivity index (χ2v) is 4.80. The van der Waals surface area contributed by atoms with Gasteiger partial charge in [-0.2, -0.15) is 0 Å². The predicted molar refractivity (Wildman–Crippen MR) is 68.4 cm³/mol. The molecule has 0 saturated carbocycles. The Bertz CT molecular complexity index is 479. The SMILES string of the molecule is CCOC(=O)C1CCN(C(=O)Cc2nnnn2C)CC1. The highest BCUT2D eigenvalue weighted by Gasteiger charge is 2.28. The number of aromatic nitrogens is 4. The summed E-state index contributed by atoms with van der Waals surface area (Å²) in [4.78, 5) is 25.5. The Morgan fingerprint density at radius 1 is 1.35 bits per heavy atom. The van der Waals surface area contributed by atoms with Crippen molar-refractivity contribution in [2.24, 2.45) is 13.0 Å². The maximum Gasteiger partial charge on any atom is 0.309 e. The van der Waals surface area contributed by atoms with E-state index in [1.54, 1.807) is 18.9 Å². The lowest BCUT2D eigenvalue weighted by atomic mass is 9.97. The summed E-state index contributed by atoms with van der Waals surface area (Å²) in [6.07, 6.45) is 1.50. The predicted octanol–water partition coefficient (Wildman–Crippen LogP) is -0.446. The van der Waals surface area contributed by atoms with Crippen LogP contribution >= 0.6 is 0 Å². The Kier molecular flexibility index (Phi) is 4.65. The van der Waals surface area contributed by atoms with Gasteiger partial charge in [0.1, 0.15) is 0 Å². The fourth-order valence-corrected chi connectivity index (χ4v) is 2.27. The van der Waals surface area contributed by atoms with Crippen LogP contribution in [0, 0.1) is 5.92 Å². The quantitative estimate of drug-likeness (QED) is 0.695. The maximum absolute atomic E-state index is 12.1. The molecule has 8 nitrogen and oxygen atoms in total. The minimum absolute atomic E-state index is 0.00907. The van der Waals surface area contributed by atoms with E-state index in [2.05, 4.69) is 15.5 Å². The average Bonchev–Trinajstić information content (AvgIpc) is 2.85. The van der Waals surface area contributed by atoms with Crippen LogP contribution in [0.4, 0.5) is 0 Å². The van der Waals surface area contributed by atoms with E-state index < -0.39 is 0 Å². The van der Waals surface area contributed by atoms with E-state index in [1.807, 2.05) is 0 Å². The Balaban J connectivity index is 1.83. The molecular formula is C12H19N5O3. The number of ether oxygens (including phenoxy) is 1. The molecule has 1 aliphatic heterocycles. The van der Waals surface area contributed by atoms with Gasteiger partial charge in [-0.15, -0.1) is 5.10 Å². The Labute approximate surface area is 117 Å². The zero-order chi connectivity index (χ0) is 14.5. The topological polar surface area (TPSA) is 90.2 Å². The molecule has 0 bridgehead atoms. The van der Waals surface area contributed by atoms with E-state index in [-0.39, 0.29) is 24.2 Å². The average molecular weight is 281 g/mol. The largest absolute Gasteiger partial charge is 0.466 e. The van der Waals surface area contributed by atoms with Crippen LogP contribution in [-0.4, -0.2) is 56.7 Å². The lowest BCUT2D eigenvalue weighted by Gasteiger charge is -2.30. The van der Waals surface area contributed by atoms with Gasteiger partial charge in [-0.3, -0.25) is 9.59 Å². The number of nitrogens with zero attached hydrogens (tertiary/aromatic N) is 5. The van der Waals surface area contributed by atoms with Gasteiger partial charge in [-0.1, -0.05) is 0 Å². The number of rotatable bonds is 4. The lowest BCUT2D eigenvalue weighted by Crippen LogP contribution is -2.41. The van der Waals surface area contributed by atoms with Gasteiger partial charge in [0.15, 0.2) is 5.82 Å². The van der Waals surface area contributed by atoms with E-state index in [0.29, 0.717) is 38.4 Å². The number of tetrazole rings is 1. The van der Waals surface area contributed by atoms with Crippen LogP contribution in [0.5, 0.6) is 0 Å². The smallest absolute Gasteiger partial charge is 0.309 e. The molecule has 1 amide bonds. The van der Waals surface area contributed by atoms with E-state index in [0.717, 1.165) is 0 Å². The van der Waals surface area contributed by atoms with Crippen molar-refractivity contribution in [3.63, 3.8) is 0 Å². The van der Waals surface area contributed by atoms with Crippen molar-refractivity contribution in [1.82, 2.24) is 25.1 Å².